The number of carbonyl (C=O) groups excluding carboxylic acids is 3. The molecule has 0 spiro atoms. The van der Waals surface area contributed by atoms with Gasteiger partial charge in [-0.15, -0.1) is 0 Å². The molecule has 0 saturated carbocycles. The maximum atomic E-state index is 11.7. The summed E-state index contributed by atoms with van der Waals surface area (Å²) in [7, 11) is 0. The third-order valence-electron chi connectivity index (χ3n) is 2.29. The van der Waals surface area contributed by atoms with Crippen molar-refractivity contribution in [3.8, 4) is 0 Å². The molecule has 1 heterocycles. The zero-order valence-corrected chi connectivity index (χ0v) is 12.6. The predicted octanol–water partition coefficient (Wildman–Crippen LogP) is 0.856. The van der Waals surface area contributed by atoms with Gasteiger partial charge in [-0.2, -0.15) is 0 Å². The highest BCUT2D eigenvalue weighted by molar-refractivity contribution is 5.94. The largest absolute Gasteiger partial charge is 0.459 e. The Balaban J connectivity index is 2.36. The molecular formula is C14H20N2O5. The van der Waals surface area contributed by atoms with Crippen LogP contribution in [0.5, 0.6) is 0 Å². The van der Waals surface area contributed by atoms with Gasteiger partial charge in [0.25, 0.3) is 5.91 Å². The van der Waals surface area contributed by atoms with Crippen molar-refractivity contribution in [3.63, 3.8) is 0 Å². The van der Waals surface area contributed by atoms with Crippen LogP contribution in [-0.2, 0) is 14.3 Å². The van der Waals surface area contributed by atoms with Gasteiger partial charge in [0.15, 0.2) is 5.76 Å². The number of carbonyl (C=O) groups is 3. The van der Waals surface area contributed by atoms with E-state index in [0.29, 0.717) is 0 Å². The molecule has 1 rings (SSSR count). The van der Waals surface area contributed by atoms with Crippen molar-refractivity contribution in [2.45, 2.75) is 39.3 Å². The van der Waals surface area contributed by atoms with Crippen LogP contribution in [-0.4, -0.2) is 36.0 Å². The van der Waals surface area contributed by atoms with Crippen LogP contribution in [0.1, 0.15) is 38.2 Å². The van der Waals surface area contributed by atoms with E-state index in [1.807, 2.05) is 0 Å². The zero-order valence-electron chi connectivity index (χ0n) is 12.6. The second-order valence-electron chi connectivity index (χ2n) is 5.48. The van der Waals surface area contributed by atoms with Gasteiger partial charge in [0.1, 0.15) is 11.6 Å². The fraction of sp³-hybridized carbons (Fsp3) is 0.500. The molecule has 0 saturated heterocycles. The Labute approximate surface area is 123 Å². The molecule has 0 aliphatic rings. The Morgan fingerprint density at radius 3 is 2.52 bits per heavy atom. The number of rotatable bonds is 5. The first-order valence-electron chi connectivity index (χ1n) is 6.53. The smallest absolute Gasteiger partial charge is 0.328 e. The van der Waals surface area contributed by atoms with Crippen molar-refractivity contribution >= 4 is 17.8 Å². The minimum atomic E-state index is -0.794. The van der Waals surface area contributed by atoms with Gasteiger partial charge >= 0.3 is 5.97 Å². The number of furan rings is 1. The lowest BCUT2D eigenvalue weighted by Crippen LogP contribution is -2.46. The molecule has 7 nitrogen and oxygen atoms in total. The molecule has 1 atom stereocenters. The number of esters is 1. The fourth-order valence-corrected chi connectivity index (χ4v) is 1.40. The van der Waals surface area contributed by atoms with Gasteiger partial charge in [-0.05, 0) is 39.8 Å². The Kier molecular flexibility index (Phi) is 5.52. The highest BCUT2D eigenvalue weighted by Gasteiger charge is 2.23. The average Bonchev–Trinajstić information content (AvgIpc) is 2.87. The summed E-state index contributed by atoms with van der Waals surface area (Å²) in [6.07, 6.45) is 1.36. The van der Waals surface area contributed by atoms with Crippen molar-refractivity contribution in [3.05, 3.63) is 24.2 Å². The second kappa shape index (κ2) is 6.92. The zero-order chi connectivity index (χ0) is 16.0. The summed E-state index contributed by atoms with van der Waals surface area (Å²) in [5, 5.41) is 4.82. The highest BCUT2D eigenvalue weighted by Crippen LogP contribution is 2.08. The lowest BCUT2D eigenvalue weighted by Gasteiger charge is -2.22. The van der Waals surface area contributed by atoms with Crippen molar-refractivity contribution in [1.29, 1.82) is 0 Å². The van der Waals surface area contributed by atoms with E-state index in [1.54, 1.807) is 26.8 Å². The normalized spacial score (nSPS) is 12.4. The van der Waals surface area contributed by atoms with Gasteiger partial charge in [-0.25, -0.2) is 4.79 Å². The van der Waals surface area contributed by atoms with Crippen LogP contribution in [0.15, 0.2) is 22.8 Å². The molecule has 1 aromatic heterocycles. The van der Waals surface area contributed by atoms with E-state index in [2.05, 4.69) is 10.6 Å². The molecule has 116 valence electrons. The molecule has 2 N–H and O–H groups in total. The van der Waals surface area contributed by atoms with Crippen LogP contribution in [0.2, 0.25) is 0 Å². The molecule has 0 bridgehead atoms. The van der Waals surface area contributed by atoms with Crippen LogP contribution < -0.4 is 10.6 Å². The summed E-state index contributed by atoms with van der Waals surface area (Å²) < 4.78 is 10.0. The number of hydrogen-bond acceptors (Lipinski definition) is 5. The minimum Gasteiger partial charge on any atom is -0.459 e. The van der Waals surface area contributed by atoms with Gasteiger partial charge in [0.2, 0.25) is 5.91 Å². The lowest BCUT2D eigenvalue weighted by atomic mass is 10.2. The first kappa shape index (κ1) is 16.7. The number of hydrogen-bond donors (Lipinski definition) is 2. The number of amides is 2. The molecular weight excluding hydrogens is 276 g/mol. The van der Waals surface area contributed by atoms with Gasteiger partial charge in [0.05, 0.1) is 12.8 Å². The van der Waals surface area contributed by atoms with E-state index < -0.39 is 29.4 Å². The van der Waals surface area contributed by atoms with Gasteiger partial charge < -0.3 is 19.8 Å². The maximum absolute atomic E-state index is 11.7. The van der Waals surface area contributed by atoms with E-state index >= 15 is 0 Å². The van der Waals surface area contributed by atoms with Gasteiger partial charge in [-0.3, -0.25) is 9.59 Å². The Morgan fingerprint density at radius 1 is 1.33 bits per heavy atom. The van der Waals surface area contributed by atoms with Crippen LogP contribution in [0.4, 0.5) is 0 Å². The third kappa shape index (κ3) is 6.11. The van der Waals surface area contributed by atoms with E-state index in [-0.39, 0.29) is 12.3 Å². The molecule has 0 aliphatic carbocycles. The van der Waals surface area contributed by atoms with Gasteiger partial charge in [-0.1, -0.05) is 0 Å². The predicted molar refractivity (Wildman–Crippen MR) is 74.5 cm³/mol. The Morgan fingerprint density at radius 2 is 2.00 bits per heavy atom. The van der Waals surface area contributed by atoms with E-state index in [1.165, 1.54) is 19.3 Å². The fourth-order valence-electron chi connectivity index (χ4n) is 1.40. The van der Waals surface area contributed by atoms with E-state index in [4.69, 9.17) is 9.15 Å². The molecule has 0 unspecified atom stereocenters. The maximum Gasteiger partial charge on any atom is 0.328 e. The van der Waals surface area contributed by atoms with Crippen LogP contribution in [0, 0.1) is 0 Å². The van der Waals surface area contributed by atoms with Crippen molar-refractivity contribution in [1.82, 2.24) is 10.6 Å². The Bertz CT molecular complexity index is 502. The SMILES string of the molecule is C[C@@H](NC(=O)CNC(=O)c1ccco1)C(=O)OC(C)(C)C. The van der Waals surface area contributed by atoms with Gasteiger partial charge in [0, 0.05) is 0 Å². The van der Waals surface area contributed by atoms with E-state index in [9.17, 15) is 14.4 Å². The summed E-state index contributed by atoms with van der Waals surface area (Å²) in [5.74, 6) is -1.41. The summed E-state index contributed by atoms with van der Waals surface area (Å²) >= 11 is 0. The van der Waals surface area contributed by atoms with E-state index in [0.717, 1.165) is 0 Å². The monoisotopic (exact) mass is 296 g/mol. The molecule has 0 aliphatic heterocycles. The van der Waals surface area contributed by atoms with Crippen molar-refractivity contribution < 1.29 is 23.5 Å². The first-order chi connectivity index (χ1) is 9.69. The Hall–Kier alpha value is -2.31. The molecule has 0 fully saturated rings. The summed E-state index contributed by atoms with van der Waals surface area (Å²) in [6, 6.07) is 2.26. The van der Waals surface area contributed by atoms with Crippen molar-refractivity contribution in [2.24, 2.45) is 0 Å². The molecule has 21 heavy (non-hydrogen) atoms. The number of nitrogens with one attached hydrogen (secondary N) is 2. The molecule has 2 amide bonds. The van der Waals surface area contributed by atoms with Crippen LogP contribution in [0.3, 0.4) is 0 Å². The average molecular weight is 296 g/mol. The second-order valence-corrected chi connectivity index (χ2v) is 5.48. The summed E-state index contributed by atoms with van der Waals surface area (Å²) in [5.41, 5.74) is -0.621. The third-order valence-corrected chi connectivity index (χ3v) is 2.29. The van der Waals surface area contributed by atoms with Crippen LogP contribution >= 0.6 is 0 Å². The minimum absolute atomic E-state index is 0.114. The van der Waals surface area contributed by atoms with Crippen LogP contribution in [0.25, 0.3) is 0 Å². The number of ether oxygens (including phenoxy) is 1. The topological polar surface area (TPSA) is 97.6 Å². The quantitative estimate of drug-likeness (QED) is 0.785. The first-order valence-corrected chi connectivity index (χ1v) is 6.53. The summed E-state index contributed by atoms with van der Waals surface area (Å²) in [4.78, 5) is 34.9. The lowest BCUT2D eigenvalue weighted by molar-refractivity contribution is -0.158. The molecule has 7 heteroatoms. The summed E-state index contributed by atoms with van der Waals surface area (Å²) in [6.45, 7) is 6.47. The standard InChI is InChI=1S/C14H20N2O5/c1-9(13(19)21-14(2,3)4)16-11(17)8-15-12(18)10-6-5-7-20-10/h5-7,9H,8H2,1-4H3,(H,15,18)(H,16,17)/t9-/m1/s1. The molecule has 0 radical (unpaired) electrons. The van der Waals surface area contributed by atoms with Crippen molar-refractivity contribution in [2.75, 3.05) is 6.54 Å². The highest BCUT2D eigenvalue weighted by atomic mass is 16.6. The molecule has 1 aromatic rings. The molecule has 0 aromatic carbocycles.